The molecule has 0 radical (unpaired) electrons. The molecule has 2 N–H and O–H groups in total. The zero-order valence-corrected chi connectivity index (χ0v) is 11.2. The molecule has 0 spiro atoms. The number of nitrogens with one attached hydrogen (secondary N) is 1. The smallest absolute Gasteiger partial charge is 0.254 e. The molecule has 2 heterocycles. The van der Waals surface area contributed by atoms with E-state index < -0.39 is 5.60 Å². The minimum Gasteiger partial charge on any atom is -0.388 e. The molecule has 1 aliphatic carbocycles. The molecular weight excluding hydrogens is 254 g/mol. The lowest BCUT2D eigenvalue weighted by molar-refractivity contribution is 0.0386. The van der Waals surface area contributed by atoms with Crippen LogP contribution in [-0.2, 0) is 0 Å². The molecule has 0 bridgehead atoms. The van der Waals surface area contributed by atoms with Crippen LogP contribution in [0.2, 0.25) is 0 Å². The van der Waals surface area contributed by atoms with E-state index in [4.69, 9.17) is 0 Å². The summed E-state index contributed by atoms with van der Waals surface area (Å²) in [7, 11) is 0. The van der Waals surface area contributed by atoms with Crippen molar-refractivity contribution in [3.63, 3.8) is 0 Å². The second-order valence-electron chi connectivity index (χ2n) is 5.89. The van der Waals surface area contributed by atoms with E-state index in [0.717, 1.165) is 43.3 Å². The molecule has 104 valence electrons. The minimum atomic E-state index is -0.621. The third-order valence-electron chi connectivity index (χ3n) is 4.56. The number of rotatable bonds is 2. The Morgan fingerprint density at radius 3 is 3.10 bits per heavy atom. The van der Waals surface area contributed by atoms with Gasteiger partial charge in [-0.3, -0.25) is 4.79 Å². The number of aromatic nitrogens is 2. The highest BCUT2D eigenvalue weighted by Gasteiger charge is 2.52. The van der Waals surface area contributed by atoms with Crippen molar-refractivity contribution in [2.75, 3.05) is 6.54 Å². The Morgan fingerprint density at radius 2 is 2.30 bits per heavy atom. The van der Waals surface area contributed by atoms with Crippen LogP contribution in [0.3, 0.4) is 0 Å². The van der Waals surface area contributed by atoms with Gasteiger partial charge in [0.05, 0.1) is 29.0 Å². The maximum absolute atomic E-state index is 12.7. The molecule has 1 unspecified atom stereocenters. The fraction of sp³-hybridized carbons (Fsp3) is 0.467. The molecule has 1 aromatic carbocycles. The first-order valence-corrected chi connectivity index (χ1v) is 7.14. The summed E-state index contributed by atoms with van der Waals surface area (Å²) in [5, 5.41) is 10.3. The average Bonchev–Trinajstić information content (AvgIpc) is 2.93. The zero-order valence-electron chi connectivity index (χ0n) is 11.2. The largest absolute Gasteiger partial charge is 0.388 e. The SMILES string of the molecule is O=C(c1ccc2nc[nH]c2c1)N1CCCC1C1(O)CC1. The molecule has 1 amide bonds. The Bertz CT molecular complexity index is 675. The van der Waals surface area contributed by atoms with Crippen LogP contribution in [0.25, 0.3) is 11.0 Å². The molecule has 1 atom stereocenters. The number of imidazole rings is 1. The monoisotopic (exact) mass is 271 g/mol. The number of fused-ring (bicyclic) bond motifs is 1. The van der Waals surface area contributed by atoms with Gasteiger partial charge in [-0.1, -0.05) is 0 Å². The Labute approximate surface area is 116 Å². The Balaban J connectivity index is 1.65. The van der Waals surface area contributed by atoms with Gasteiger partial charge in [0.15, 0.2) is 0 Å². The number of hydrogen-bond acceptors (Lipinski definition) is 3. The maximum Gasteiger partial charge on any atom is 0.254 e. The fourth-order valence-electron chi connectivity index (χ4n) is 3.26. The fourth-order valence-corrected chi connectivity index (χ4v) is 3.26. The molecule has 20 heavy (non-hydrogen) atoms. The van der Waals surface area contributed by atoms with E-state index in [1.165, 1.54) is 0 Å². The van der Waals surface area contributed by atoms with Gasteiger partial charge in [0.1, 0.15) is 0 Å². The van der Waals surface area contributed by atoms with Crippen LogP contribution in [0.15, 0.2) is 24.5 Å². The number of aromatic amines is 1. The van der Waals surface area contributed by atoms with Crippen molar-refractivity contribution in [3.8, 4) is 0 Å². The lowest BCUT2D eigenvalue weighted by atomic mass is 10.1. The van der Waals surface area contributed by atoms with Crippen molar-refractivity contribution in [3.05, 3.63) is 30.1 Å². The van der Waals surface area contributed by atoms with Crippen LogP contribution < -0.4 is 0 Å². The molecule has 4 rings (SSSR count). The van der Waals surface area contributed by atoms with E-state index >= 15 is 0 Å². The molecule has 1 aromatic heterocycles. The van der Waals surface area contributed by atoms with Crippen molar-refractivity contribution in [1.82, 2.24) is 14.9 Å². The van der Waals surface area contributed by atoms with E-state index in [1.54, 1.807) is 6.33 Å². The van der Waals surface area contributed by atoms with Crippen LogP contribution in [0.1, 0.15) is 36.0 Å². The van der Waals surface area contributed by atoms with Crippen molar-refractivity contribution < 1.29 is 9.90 Å². The summed E-state index contributed by atoms with van der Waals surface area (Å²) >= 11 is 0. The summed E-state index contributed by atoms with van der Waals surface area (Å²) in [4.78, 5) is 21.7. The van der Waals surface area contributed by atoms with Crippen molar-refractivity contribution in [2.24, 2.45) is 0 Å². The summed E-state index contributed by atoms with van der Waals surface area (Å²) in [6.45, 7) is 0.743. The normalized spacial score (nSPS) is 24.2. The molecular formula is C15H17N3O2. The summed E-state index contributed by atoms with van der Waals surface area (Å²) < 4.78 is 0. The highest BCUT2D eigenvalue weighted by molar-refractivity contribution is 5.97. The van der Waals surface area contributed by atoms with Crippen LogP contribution in [0.4, 0.5) is 0 Å². The van der Waals surface area contributed by atoms with Gasteiger partial charge < -0.3 is 15.0 Å². The Hall–Kier alpha value is -1.88. The first kappa shape index (κ1) is 11.9. The van der Waals surface area contributed by atoms with Crippen LogP contribution in [-0.4, -0.2) is 44.1 Å². The summed E-state index contributed by atoms with van der Waals surface area (Å²) in [6.07, 6.45) is 5.16. The van der Waals surface area contributed by atoms with Gasteiger partial charge in [-0.2, -0.15) is 0 Å². The summed E-state index contributed by atoms with van der Waals surface area (Å²) in [5.74, 6) is 0.0179. The second-order valence-corrected chi connectivity index (χ2v) is 5.89. The van der Waals surface area contributed by atoms with Gasteiger partial charge in [-0.05, 0) is 43.9 Å². The summed E-state index contributed by atoms with van der Waals surface area (Å²) in [6, 6.07) is 5.51. The molecule has 1 aliphatic heterocycles. The predicted molar refractivity (Wildman–Crippen MR) is 74.3 cm³/mol. The van der Waals surface area contributed by atoms with E-state index in [0.29, 0.717) is 5.56 Å². The number of aliphatic hydroxyl groups is 1. The number of benzene rings is 1. The highest BCUT2D eigenvalue weighted by Crippen LogP contribution is 2.44. The number of carbonyl (C=O) groups is 1. The van der Waals surface area contributed by atoms with E-state index in [9.17, 15) is 9.90 Å². The molecule has 5 heteroatoms. The van der Waals surface area contributed by atoms with Crippen LogP contribution in [0, 0.1) is 0 Å². The van der Waals surface area contributed by atoms with Gasteiger partial charge in [0, 0.05) is 12.1 Å². The second kappa shape index (κ2) is 4.06. The van der Waals surface area contributed by atoms with Gasteiger partial charge in [-0.15, -0.1) is 0 Å². The number of amides is 1. The van der Waals surface area contributed by atoms with E-state index in [2.05, 4.69) is 9.97 Å². The third kappa shape index (κ3) is 1.73. The summed E-state index contributed by atoms with van der Waals surface area (Å²) in [5.41, 5.74) is 1.78. The first-order chi connectivity index (χ1) is 9.67. The van der Waals surface area contributed by atoms with Gasteiger partial charge >= 0.3 is 0 Å². The molecule has 2 aromatic rings. The van der Waals surface area contributed by atoms with Crippen molar-refractivity contribution >= 4 is 16.9 Å². The van der Waals surface area contributed by atoms with Gasteiger partial charge in [0.2, 0.25) is 0 Å². The number of carbonyl (C=O) groups excluding carboxylic acids is 1. The zero-order chi connectivity index (χ0) is 13.7. The first-order valence-electron chi connectivity index (χ1n) is 7.14. The van der Waals surface area contributed by atoms with Crippen LogP contribution >= 0.6 is 0 Å². The lowest BCUT2D eigenvalue weighted by Crippen LogP contribution is -2.44. The number of nitrogens with zero attached hydrogens (tertiary/aromatic N) is 2. The van der Waals surface area contributed by atoms with Gasteiger partial charge in [-0.25, -0.2) is 4.98 Å². The minimum absolute atomic E-state index is 0.00698. The quantitative estimate of drug-likeness (QED) is 0.873. The van der Waals surface area contributed by atoms with Gasteiger partial charge in [0.25, 0.3) is 5.91 Å². The number of H-pyrrole nitrogens is 1. The number of likely N-dealkylation sites (tertiary alicyclic amines) is 1. The molecule has 2 aliphatic rings. The Morgan fingerprint density at radius 1 is 1.45 bits per heavy atom. The highest BCUT2D eigenvalue weighted by atomic mass is 16.3. The van der Waals surface area contributed by atoms with E-state index in [-0.39, 0.29) is 11.9 Å². The predicted octanol–water partition coefficient (Wildman–Crippen LogP) is 1.69. The maximum atomic E-state index is 12.7. The topological polar surface area (TPSA) is 69.2 Å². The average molecular weight is 271 g/mol. The molecule has 5 nitrogen and oxygen atoms in total. The van der Waals surface area contributed by atoms with Crippen molar-refractivity contribution in [1.29, 1.82) is 0 Å². The standard InChI is InChI=1S/C15H17N3O2/c19-14(10-3-4-11-12(8-10)17-9-16-11)18-7-1-2-13(18)15(20)5-6-15/h3-4,8-9,13,20H,1-2,5-7H2,(H,16,17). The molecule has 2 fully saturated rings. The van der Waals surface area contributed by atoms with Crippen LogP contribution in [0.5, 0.6) is 0 Å². The third-order valence-corrected chi connectivity index (χ3v) is 4.56. The molecule has 1 saturated carbocycles. The van der Waals surface area contributed by atoms with E-state index in [1.807, 2.05) is 23.1 Å². The Kier molecular flexibility index (Phi) is 2.41. The molecule has 1 saturated heterocycles. The lowest BCUT2D eigenvalue weighted by Gasteiger charge is -2.28. The van der Waals surface area contributed by atoms with Crippen molar-refractivity contribution in [2.45, 2.75) is 37.3 Å². The number of hydrogen-bond donors (Lipinski definition) is 2.